The molecule has 0 amide bonds. The summed E-state index contributed by atoms with van der Waals surface area (Å²) >= 11 is 0. The highest BCUT2D eigenvalue weighted by Gasteiger charge is 2.35. The van der Waals surface area contributed by atoms with Gasteiger partial charge in [0.05, 0.1) is 0 Å². The topological polar surface area (TPSA) is 27.7 Å². The molecule has 0 aliphatic heterocycles. The molecule has 0 aromatic rings. The van der Waals surface area contributed by atoms with Crippen LogP contribution in [0.5, 0.6) is 0 Å². The summed E-state index contributed by atoms with van der Waals surface area (Å²) in [5.74, 6) is 0.965. The van der Waals surface area contributed by atoms with Crippen molar-refractivity contribution in [2.75, 3.05) is 21.3 Å². The highest BCUT2D eigenvalue weighted by atomic mass is 28.2. The second-order valence-electron chi connectivity index (χ2n) is 5.17. The van der Waals surface area contributed by atoms with Crippen molar-refractivity contribution in [1.82, 2.24) is 0 Å². The van der Waals surface area contributed by atoms with Crippen molar-refractivity contribution < 1.29 is 14.2 Å². The van der Waals surface area contributed by atoms with E-state index in [4.69, 9.17) is 14.2 Å². The maximum atomic E-state index is 5.43. The number of hydrogen-bond acceptors (Lipinski definition) is 3. The zero-order valence-corrected chi connectivity index (χ0v) is 13.2. The molecule has 0 aromatic heterocycles. The van der Waals surface area contributed by atoms with Gasteiger partial charge in [0, 0.05) is 21.3 Å². The van der Waals surface area contributed by atoms with Crippen LogP contribution in [0.3, 0.4) is 0 Å². The first kappa shape index (κ1) is 15.2. The van der Waals surface area contributed by atoms with E-state index < -0.39 is 15.1 Å². The van der Waals surface area contributed by atoms with E-state index in [2.05, 4.69) is 6.92 Å². The molecule has 1 fully saturated rings. The first-order valence-corrected chi connectivity index (χ1v) is 8.37. The monoisotopic (exact) mass is 260 g/mol. The van der Waals surface area contributed by atoms with Crippen LogP contribution in [0, 0.1) is 5.92 Å². The average Bonchev–Trinajstić information content (AvgIpc) is 2.39. The fourth-order valence-corrected chi connectivity index (χ4v) is 5.07. The molecule has 0 heterocycles. The van der Waals surface area contributed by atoms with E-state index in [1.807, 2.05) is 0 Å². The predicted octanol–water partition coefficient (Wildman–Crippen LogP) is 2.48. The van der Waals surface area contributed by atoms with Gasteiger partial charge in [-0.15, -0.1) is 0 Å². The molecular weight excluding hydrogens is 232 g/mol. The predicted molar refractivity (Wildman–Crippen MR) is 72.9 cm³/mol. The van der Waals surface area contributed by atoms with Crippen LogP contribution in [0.25, 0.3) is 0 Å². The van der Waals surface area contributed by atoms with Gasteiger partial charge in [-0.1, -0.05) is 45.4 Å². The summed E-state index contributed by atoms with van der Waals surface area (Å²) in [5, 5.41) is 0. The maximum absolute atomic E-state index is 5.43. The van der Waals surface area contributed by atoms with E-state index in [0.717, 1.165) is 11.5 Å². The van der Waals surface area contributed by atoms with Crippen LogP contribution in [0.1, 0.15) is 45.4 Å². The third kappa shape index (κ3) is 4.36. The molecule has 1 aliphatic rings. The SMILES string of the molecule is CCCC1CCC([SiH2]C(OC)(OC)OC)CC1. The summed E-state index contributed by atoms with van der Waals surface area (Å²) in [6.07, 6.45) is 8.18. The van der Waals surface area contributed by atoms with Crippen LogP contribution in [0.15, 0.2) is 0 Å². The number of hydrogen-bond donors (Lipinski definition) is 0. The van der Waals surface area contributed by atoms with E-state index >= 15 is 0 Å². The van der Waals surface area contributed by atoms with Crippen molar-refractivity contribution >= 4 is 9.52 Å². The molecule has 17 heavy (non-hydrogen) atoms. The first-order valence-electron chi connectivity index (χ1n) is 6.85. The third-order valence-electron chi connectivity index (χ3n) is 4.13. The quantitative estimate of drug-likeness (QED) is 0.520. The molecule has 0 radical (unpaired) electrons. The Kier molecular flexibility index (Phi) is 6.70. The van der Waals surface area contributed by atoms with Gasteiger partial charge in [-0.05, 0) is 11.5 Å². The first-order chi connectivity index (χ1) is 8.19. The Balaban J connectivity index is 2.38. The lowest BCUT2D eigenvalue weighted by atomic mass is 9.86. The molecule has 4 heteroatoms. The van der Waals surface area contributed by atoms with E-state index in [0.29, 0.717) is 0 Å². The van der Waals surface area contributed by atoms with Crippen LogP contribution in [-0.2, 0) is 14.2 Å². The minimum Gasteiger partial charge on any atom is -0.335 e. The molecule has 0 aromatic carbocycles. The number of rotatable bonds is 7. The minimum atomic E-state index is -0.692. The molecule has 3 nitrogen and oxygen atoms in total. The zero-order valence-electron chi connectivity index (χ0n) is 11.8. The number of methoxy groups -OCH3 is 3. The Morgan fingerprint density at radius 1 is 1.00 bits per heavy atom. The van der Waals surface area contributed by atoms with Gasteiger partial charge in [0.15, 0.2) is 0 Å². The number of ether oxygens (including phenoxy) is 3. The molecule has 1 aliphatic carbocycles. The van der Waals surface area contributed by atoms with Crippen LogP contribution in [-0.4, -0.2) is 36.4 Å². The fraction of sp³-hybridized carbons (Fsp3) is 1.00. The van der Waals surface area contributed by atoms with Crippen LogP contribution in [0.2, 0.25) is 5.54 Å². The van der Waals surface area contributed by atoms with E-state index in [9.17, 15) is 0 Å². The maximum Gasteiger partial charge on any atom is 0.248 e. The average molecular weight is 260 g/mol. The zero-order chi connectivity index (χ0) is 12.7. The fourth-order valence-electron chi connectivity index (χ4n) is 2.99. The van der Waals surface area contributed by atoms with Crippen molar-refractivity contribution in [2.45, 2.75) is 56.6 Å². The molecule has 1 rings (SSSR count). The Hall–Kier alpha value is 0.0969. The van der Waals surface area contributed by atoms with Gasteiger partial charge in [0.1, 0.15) is 9.52 Å². The summed E-state index contributed by atoms with van der Waals surface area (Å²) in [4.78, 5) is 0. The smallest absolute Gasteiger partial charge is 0.248 e. The van der Waals surface area contributed by atoms with Gasteiger partial charge in [-0.3, -0.25) is 0 Å². The van der Waals surface area contributed by atoms with Crippen molar-refractivity contribution in [3.63, 3.8) is 0 Å². The van der Waals surface area contributed by atoms with E-state index in [1.165, 1.54) is 38.5 Å². The van der Waals surface area contributed by atoms with Gasteiger partial charge in [-0.25, -0.2) is 0 Å². The summed E-state index contributed by atoms with van der Waals surface area (Å²) < 4.78 is 16.3. The van der Waals surface area contributed by atoms with Gasteiger partial charge in [0.25, 0.3) is 0 Å². The van der Waals surface area contributed by atoms with Gasteiger partial charge in [-0.2, -0.15) is 0 Å². The van der Waals surface area contributed by atoms with Crippen molar-refractivity contribution in [3.05, 3.63) is 0 Å². The van der Waals surface area contributed by atoms with Crippen molar-refractivity contribution in [1.29, 1.82) is 0 Å². The Morgan fingerprint density at radius 2 is 1.53 bits per heavy atom. The van der Waals surface area contributed by atoms with Crippen LogP contribution in [0.4, 0.5) is 0 Å². The molecule has 0 unspecified atom stereocenters. The van der Waals surface area contributed by atoms with Gasteiger partial charge >= 0.3 is 0 Å². The third-order valence-corrected chi connectivity index (χ3v) is 6.89. The van der Waals surface area contributed by atoms with Crippen molar-refractivity contribution in [3.8, 4) is 0 Å². The molecule has 0 N–H and O–H groups in total. The molecule has 0 bridgehead atoms. The lowest BCUT2D eigenvalue weighted by molar-refractivity contribution is -0.295. The van der Waals surface area contributed by atoms with Gasteiger partial charge < -0.3 is 14.2 Å². The molecule has 0 saturated heterocycles. The second-order valence-corrected chi connectivity index (χ2v) is 7.60. The summed E-state index contributed by atoms with van der Waals surface area (Å²) in [5.41, 5.74) is 0.116. The molecule has 1 saturated carbocycles. The molecule has 102 valence electrons. The minimum absolute atomic E-state index is 0.531. The highest BCUT2D eigenvalue weighted by molar-refractivity contribution is 6.40. The lowest BCUT2D eigenvalue weighted by Gasteiger charge is -2.35. The summed E-state index contributed by atoms with van der Waals surface area (Å²) in [6.45, 7) is 2.28. The van der Waals surface area contributed by atoms with E-state index in [1.54, 1.807) is 21.3 Å². The Bertz CT molecular complexity index is 191. The van der Waals surface area contributed by atoms with Gasteiger partial charge in [0.2, 0.25) is 5.60 Å². The normalized spacial score (nSPS) is 26.8. The Morgan fingerprint density at radius 3 is 1.94 bits per heavy atom. The molecular formula is C13H28O3Si. The molecule has 0 atom stereocenters. The molecule has 0 spiro atoms. The summed E-state index contributed by atoms with van der Waals surface area (Å²) in [7, 11) is 4.52. The van der Waals surface area contributed by atoms with Crippen LogP contribution >= 0.6 is 0 Å². The Labute approximate surface area is 108 Å². The lowest BCUT2D eigenvalue weighted by Crippen LogP contribution is -2.44. The van der Waals surface area contributed by atoms with E-state index in [-0.39, 0.29) is 0 Å². The largest absolute Gasteiger partial charge is 0.335 e. The van der Waals surface area contributed by atoms with Crippen LogP contribution < -0.4 is 0 Å². The standard InChI is InChI=1S/C13H28O3Si/c1-5-6-11-7-9-12(10-8-11)17-13(14-2,15-3)16-4/h11-12H,5-10,17H2,1-4H3. The van der Waals surface area contributed by atoms with Crippen molar-refractivity contribution in [2.24, 2.45) is 5.92 Å². The summed E-state index contributed by atoms with van der Waals surface area (Å²) in [6, 6.07) is 0. The second kappa shape index (κ2) is 7.51. The highest BCUT2D eigenvalue weighted by Crippen LogP contribution is 2.36.